The molecule has 0 aromatic heterocycles. The van der Waals surface area contributed by atoms with Crippen LogP contribution in [0.2, 0.25) is 0 Å². The van der Waals surface area contributed by atoms with Crippen molar-refractivity contribution >= 4 is 27.6 Å². The maximum atomic E-state index is 13.0. The molecule has 2 aliphatic heterocycles. The van der Waals surface area contributed by atoms with E-state index in [4.69, 9.17) is 0 Å². The van der Waals surface area contributed by atoms with Crippen molar-refractivity contribution in [1.82, 2.24) is 10.2 Å². The zero-order valence-electron chi connectivity index (χ0n) is 16.8. The van der Waals surface area contributed by atoms with E-state index in [9.17, 15) is 27.9 Å². The molecule has 31 heavy (non-hydrogen) atoms. The van der Waals surface area contributed by atoms with Crippen LogP contribution >= 0.6 is 0 Å². The zero-order valence-corrected chi connectivity index (χ0v) is 17.6. The second-order valence-electron chi connectivity index (χ2n) is 7.96. The van der Waals surface area contributed by atoms with Crippen LogP contribution in [0, 0.1) is 11.8 Å². The second-order valence-corrected chi connectivity index (χ2v) is 10.2. The van der Waals surface area contributed by atoms with Gasteiger partial charge in [0.05, 0.1) is 17.6 Å². The van der Waals surface area contributed by atoms with Crippen LogP contribution in [-0.4, -0.2) is 60.8 Å². The van der Waals surface area contributed by atoms with Crippen molar-refractivity contribution in [2.75, 3.05) is 18.6 Å². The predicted octanol–water partition coefficient (Wildman–Crippen LogP) is 1.10. The van der Waals surface area contributed by atoms with Crippen molar-refractivity contribution in [3.63, 3.8) is 0 Å². The summed E-state index contributed by atoms with van der Waals surface area (Å²) in [4.78, 5) is 38.6. The van der Waals surface area contributed by atoms with Crippen molar-refractivity contribution in [1.29, 1.82) is 0 Å². The Balaban J connectivity index is 1.64. The maximum Gasteiger partial charge on any atom is 0.321 e. The molecule has 2 amide bonds. The second kappa shape index (κ2) is 7.90. The molecule has 2 heterocycles. The van der Waals surface area contributed by atoms with Crippen molar-refractivity contribution < 1.29 is 27.9 Å². The summed E-state index contributed by atoms with van der Waals surface area (Å²) in [5.41, 5.74) is 2.69. The highest BCUT2D eigenvalue weighted by Gasteiger charge is 2.60. The molecule has 4 rings (SSSR count). The SMILES string of the molecule is CS(=O)(=O)CCN1C(=O)C2C(C(=O)O)NC(c3ccc(-c4ccccc4)cc3)C2C1=O. The molecule has 8 nitrogen and oxygen atoms in total. The maximum absolute atomic E-state index is 13.0. The lowest BCUT2D eigenvalue weighted by molar-refractivity contribution is -0.145. The third-order valence-electron chi connectivity index (χ3n) is 5.90. The van der Waals surface area contributed by atoms with E-state index >= 15 is 0 Å². The number of carboxylic acid groups (broad SMARTS) is 1. The van der Waals surface area contributed by atoms with Crippen LogP contribution in [0.1, 0.15) is 11.6 Å². The molecule has 0 bridgehead atoms. The molecule has 0 saturated carbocycles. The first kappa shape index (κ1) is 21.2. The van der Waals surface area contributed by atoms with Crippen LogP contribution in [0.4, 0.5) is 0 Å². The van der Waals surface area contributed by atoms with E-state index in [2.05, 4.69) is 5.32 Å². The summed E-state index contributed by atoms with van der Waals surface area (Å²) >= 11 is 0. The molecule has 2 fully saturated rings. The smallest absolute Gasteiger partial charge is 0.321 e. The molecule has 2 saturated heterocycles. The Hall–Kier alpha value is -3.04. The molecule has 2 N–H and O–H groups in total. The number of aliphatic carboxylic acids is 1. The Morgan fingerprint density at radius 3 is 2.13 bits per heavy atom. The Bertz CT molecular complexity index is 1130. The Kier molecular flexibility index (Phi) is 5.40. The van der Waals surface area contributed by atoms with E-state index in [1.165, 1.54) is 0 Å². The summed E-state index contributed by atoms with van der Waals surface area (Å²) in [6, 6.07) is 15.3. The summed E-state index contributed by atoms with van der Waals surface area (Å²) in [7, 11) is -3.39. The van der Waals surface area contributed by atoms with E-state index in [-0.39, 0.29) is 12.3 Å². The first-order valence-electron chi connectivity index (χ1n) is 9.84. The molecule has 0 radical (unpaired) electrons. The lowest BCUT2D eigenvalue weighted by Crippen LogP contribution is -2.44. The number of nitrogens with one attached hydrogen (secondary N) is 1. The van der Waals surface area contributed by atoms with Crippen molar-refractivity contribution in [2.24, 2.45) is 11.8 Å². The molecule has 9 heteroatoms. The summed E-state index contributed by atoms with van der Waals surface area (Å²) in [5, 5.41) is 12.6. The number of amides is 2. The number of rotatable bonds is 6. The number of hydrogen-bond acceptors (Lipinski definition) is 6. The predicted molar refractivity (Wildman–Crippen MR) is 113 cm³/mol. The van der Waals surface area contributed by atoms with Gasteiger partial charge in [-0.25, -0.2) is 8.42 Å². The monoisotopic (exact) mass is 442 g/mol. The van der Waals surface area contributed by atoms with Gasteiger partial charge in [0.1, 0.15) is 15.9 Å². The van der Waals surface area contributed by atoms with Gasteiger partial charge in [-0.05, 0) is 16.7 Å². The topological polar surface area (TPSA) is 121 Å². The van der Waals surface area contributed by atoms with Crippen molar-refractivity contribution in [3.8, 4) is 11.1 Å². The molecule has 0 spiro atoms. The molecule has 2 aliphatic rings. The van der Waals surface area contributed by atoms with E-state index in [1.54, 1.807) is 0 Å². The van der Waals surface area contributed by atoms with E-state index in [0.29, 0.717) is 5.56 Å². The fourth-order valence-corrected chi connectivity index (χ4v) is 4.91. The van der Waals surface area contributed by atoms with Crippen LogP contribution in [0.25, 0.3) is 11.1 Å². The average Bonchev–Trinajstić information content (AvgIpc) is 3.24. The number of sulfone groups is 1. The van der Waals surface area contributed by atoms with Gasteiger partial charge in [-0.1, -0.05) is 54.6 Å². The minimum absolute atomic E-state index is 0.268. The fourth-order valence-electron chi connectivity index (χ4n) is 4.40. The van der Waals surface area contributed by atoms with Gasteiger partial charge in [0, 0.05) is 18.8 Å². The minimum Gasteiger partial charge on any atom is -0.480 e. The molecule has 4 unspecified atom stereocenters. The van der Waals surface area contributed by atoms with Crippen LogP contribution in [0.15, 0.2) is 54.6 Å². The van der Waals surface area contributed by atoms with Gasteiger partial charge < -0.3 is 5.11 Å². The average molecular weight is 442 g/mol. The van der Waals surface area contributed by atoms with Crippen LogP contribution < -0.4 is 5.32 Å². The van der Waals surface area contributed by atoms with Crippen LogP contribution in [0.3, 0.4) is 0 Å². The number of hydrogen-bond donors (Lipinski definition) is 2. The first-order chi connectivity index (χ1) is 14.7. The number of imide groups is 1. The quantitative estimate of drug-likeness (QED) is 0.643. The van der Waals surface area contributed by atoms with Gasteiger partial charge in [-0.3, -0.25) is 24.6 Å². The summed E-state index contributed by atoms with van der Waals surface area (Å²) in [5.74, 6) is -4.71. The van der Waals surface area contributed by atoms with Gasteiger partial charge in [-0.15, -0.1) is 0 Å². The largest absolute Gasteiger partial charge is 0.480 e. The minimum atomic E-state index is -3.39. The zero-order chi connectivity index (χ0) is 22.3. The molecular weight excluding hydrogens is 420 g/mol. The van der Waals surface area contributed by atoms with Gasteiger partial charge >= 0.3 is 5.97 Å². The Labute approximate surface area is 179 Å². The summed E-state index contributed by atoms with van der Waals surface area (Å²) in [6.07, 6.45) is 1.03. The van der Waals surface area contributed by atoms with E-state index < -0.39 is 51.5 Å². The normalized spacial score (nSPS) is 25.6. The lowest BCUT2D eigenvalue weighted by Gasteiger charge is -2.21. The van der Waals surface area contributed by atoms with Gasteiger partial charge in [0.15, 0.2) is 0 Å². The van der Waals surface area contributed by atoms with Crippen molar-refractivity contribution in [3.05, 3.63) is 60.2 Å². The lowest BCUT2D eigenvalue weighted by atomic mass is 9.86. The van der Waals surface area contributed by atoms with Gasteiger partial charge in [-0.2, -0.15) is 0 Å². The number of benzene rings is 2. The third-order valence-corrected chi connectivity index (χ3v) is 6.82. The number of carbonyl (C=O) groups excluding carboxylic acids is 2. The van der Waals surface area contributed by atoms with Crippen LogP contribution in [-0.2, 0) is 24.2 Å². The fraction of sp³-hybridized carbons (Fsp3) is 0.318. The van der Waals surface area contributed by atoms with E-state index in [1.807, 2.05) is 54.6 Å². The summed E-state index contributed by atoms with van der Waals surface area (Å²) in [6.45, 7) is -0.268. The molecule has 2 aromatic rings. The Morgan fingerprint density at radius 2 is 1.55 bits per heavy atom. The molecule has 0 aliphatic carbocycles. The van der Waals surface area contributed by atoms with E-state index in [0.717, 1.165) is 22.3 Å². The van der Waals surface area contributed by atoms with Crippen LogP contribution in [0.5, 0.6) is 0 Å². The highest BCUT2D eigenvalue weighted by atomic mass is 32.2. The molecule has 4 atom stereocenters. The van der Waals surface area contributed by atoms with Crippen molar-refractivity contribution in [2.45, 2.75) is 12.1 Å². The highest BCUT2D eigenvalue weighted by molar-refractivity contribution is 7.90. The first-order valence-corrected chi connectivity index (χ1v) is 11.9. The summed E-state index contributed by atoms with van der Waals surface area (Å²) < 4.78 is 23.0. The highest BCUT2D eigenvalue weighted by Crippen LogP contribution is 2.44. The van der Waals surface area contributed by atoms with Gasteiger partial charge in [0.2, 0.25) is 11.8 Å². The van der Waals surface area contributed by atoms with Gasteiger partial charge in [0.25, 0.3) is 0 Å². The Morgan fingerprint density at radius 1 is 0.968 bits per heavy atom. The number of carboxylic acids is 1. The molecule has 2 aromatic carbocycles. The standard InChI is InChI=1S/C22H22N2O6S/c1-31(29,30)12-11-24-20(25)16-17(21(24)26)19(22(27)28)23-18(16)15-9-7-14(8-10-15)13-5-3-2-4-6-13/h2-10,16-19,23H,11-12H2,1H3,(H,27,28). The number of carbonyl (C=O) groups is 3. The number of likely N-dealkylation sites (tertiary alicyclic amines) is 1. The third kappa shape index (κ3) is 3.98. The number of nitrogens with zero attached hydrogens (tertiary/aromatic N) is 1. The molecular formula is C22H22N2O6S. The number of fused-ring (bicyclic) bond motifs is 1. The molecule has 162 valence electrons.